The number of thiophene rings is 1. The molecule has 0 atom stereocenters. The summed E-state index contributed by atoms with van der Waals surface area (Å²) < 4.78 is 2.92. The molecule has 0 radical (unpaired) electrons. The molecule has 0 aliphatic carbocycles. The SMILES string of the molecule is CCCCc1cccc2sc3cccc(CCCC)c3c12. The van der Waals surface area contributed by atoms with E-state index in [4.69, 9.17) is 0 Å². The molecule has 1 heteroatoms. The van der Waals surface area contributed by atoms with Crippen LogP contribution in [0.2, 0.25) is 0 Å². The van der Waals surface area contributed by atoms with Crippen molar-refractivity contribution in [2.75, 3.05) is 0 Å². The Morgan fingerprint density at radius 3 is 1.62 bits per heavy atom. The van der Waals surface area contributed by atoms with Gasteiger partial charge in [-0.15, -0.1) is 11.3 Å². The molecule has 2 aromatic carbocycles. The summed E-state index contributed by atoms with van der Waals surface area (Å²) in [5, 5.41) is 3.08. The first-order valence-electron chi connectivity index (χ1n) is 8.27. The summed E-state index contributed by atoms with van der Waals surface area (Å²) >= 11 is 1.96. The minimum atomic E-state index is 1.21. The van der Waals surface area contributed by atoms with E-state index in [1.165, 1.54) is 58.7 Å². The van der Waals surface area contributed by atoms with E-state index in [-0.39, 0.29) is 0 Å². The van der Waals surface area contributed by atoms with Gasteiger partial charge in [-0.2, -0.15) is 0 Å². The first kappa shape index (κ1) is 14.6. The third kappa shape index (κ3) is 2.85. The van der Waals surface area contributed by atoms with Crippen LogP contribution in [0.3, 0.4) is 0 Å². The van der Waals surface area contributed by atoms with E-state index >= 15 is 0 Å². The molecule has 110 valence electrons. The van der Waals surface area contributed by atoms with E-state index in [1.54, 1.807) is 11.1 Å². The summed E-state index contributed by atoms with van der Waals surface area (Å²) in [6, 6.07) is 13.7. The van der Waals surface area contributed by atoms with E-state index in [0.717, 1.165) is 0 Å². The number of rotatable bonds is 6. The highest BCUT2D eigenvalue weighted by Crippen LogP contribution is 2.38. The maximum absolute atomic E-state index is 2.33. The zero-order valence-electron chi connectivity index (χ0n) is 13.1. The highest BCUT2D eigenvalue weighted by Gasteiger charge is 2.12. The van der Waals surface area contributed by atoms with Gasteiger partial charge >= 0.3 is 0 Å². The molecule has 0 nitrogen and oxygen atoms in total. The van der Waals surface area contributed by atoms with E-state index in [9.17, 15) is 0 Å². The lowest BCUT2D eigenvalue weighted by Gasteiger charge is -2.07. The number of benzene rings is 2. The van der Waals surface area contributed by atoms with Crippen LogP contribution in [0.15, 0.2) is 36.4 Å². The first-order valence-corrected chi connectivity index (χ1v) is 9.08. The molecule has 0 saturated heterocycles. The predicted molar refractivity (Wildman–Crippen MR) is 96.6 cm³/mol. The van der Waals surface area contributed by atoms with Crippen LogP contribution in [0, 0.1) is 0 Å². The molecule has 0 aliphatic heterocycles. The normalized spacial score (nSPS) is 11.5. The maximum Gasteiger partial charge on any atom is 0.0358 e. The standard InChI is InChI=1S/C20H24S/c1-3-5-9-15-11-7-13-17-19(15)20-16(10-6-4-2)12-8-14-18(20)21-17/h7-8,11-14H,3-6,9-10H2,1-2H3. The van der Waals surface area contributed by atoms with Gasteiger partial charge in [0.25, 0.3) is 0 Å². The van der Waals surface area contributed by atoms with Crippen molar-refractivity contribution in [2.24, 2.45) is 0 Å². The van der Waals surface area contributed by atoms with Gasteiger partial charge in [-0.05, 0) is 48.9 Å². The molecular weight excluding hydrogens is 272 g/mol. The molecule has 0 N–H and O–H groups in total. The van der Waals surface area contributed by atoms with Crippen molar-refractivity contribution in [3.63, 3.8) is 0 Å². The van der Waals surface area contributed by atoms with Gasteiger partial charge < -0.3 is 0 Å². The molecule has 1 aromatic heterocycles. The highest BCUT2D eigenvalue weighted by molar-refractivity contribution is 7.25. The quantitative estimate of drug-likeness (QED) is 0.472. The van der Waals surface area contributed by atoms with Gasteiger partial charge in [-0.25, -0.2) is 0 Å². The Morgan fingerprint density at radius 1 is 0.714 bits per heavy atom. The molecule has 3 rings (SSSR count). The lowest BCUT2D eigenvalue weighted by Crippen LogP contribution is -1.89. The van der Waals surface area contributed by atoms with Gasteiger partial charge in [0.1, 0.15) is 0 Å². The second-order valence-corrected chi connectivity index (χ2v) is 6.97. The molecule has 0 unspecified atom stereocenters. The van der Waals surface area contributed by atoms with Gasteiger partial charge in [0.05, 0.1) is 0 Å². The Morgan fingerprint density at radius 2 is 1.19 bits per heavy atom. The van der Waals surface area contributed by atoms with Gasteiger partial charge in [0.15, 0.2) is 0 Å². The van der Waals surface area contributed by atoms with Crippen LogP contribution in [0.5, 0.6) is 0 Å². The number of aryl methyl sites for hydroxylation is 2. The summed E-state index contributed by atoms with van der Waals surface area (Å²) in [7, 11) is 0. The molecule has 0 saturated carbocycles. The molecule has 0 spiro atoms. The van der Waals surface area contributed by atoms with Crippen molar-refractivity contribution in [1.29, 1.82) is 0 Å². The van der Waals surface area contributed by atoms with E-state index < -0.39 is 0 Å². The molecular formula is C20H24S. The number of unbranched alkanes of at least 4 members (excludes halogenated alkanes) is 2. The monoisotopic (exact) mass is 296 g/mol. The topological polar surface area (TPSA) is 0 Å². The maximum atomic E-state index is 2.33. The van der Waals surface area contributed by atoms with Crippen molar-refractivity contribution >= 4 is 31.5 Å². The van der Waals surface area contributed by atoms with Crippen LogP contribution in [0.4, 0.5) is 0 Å². The zero-order valence-corrected chi connectivity index (χ0v) is 13.9. The largest absolute Gasteiger partial charge is 0.135 e. The van der Waals surface area contributed by atoms with Crippen molar-refractivity contribution in [2.45, 2.75) is 52.4 Å². The second kappa shape index (κ2) is 6.62. The molecule has 0 amide bonds. The number of hydrogen-bond donors (Lipinski definition) is 0. The fraction of sp³-hybridized carbons (Fsp3) is 0.400. The fourth-order valence-corrected chi connectivity index (χ4v) is 4.36. The number of hydrogen-bond acceptors (Lipinski definition) is 1. The van der Waals surface area contributed by atoms with Gasteiger partial charge in [0.2, 0.25) is 0 Å². The summed E-state index contributed by atoms with van der Waals surface area (Å²) in [6.45, 7) is 4.55. The third-order valence-electron chi connectivity index (χ3n) is 4.29. The molecule has 0 aliphatic rings. The third-order valence-corrected chi connectivity index (χ3v) is 5.41. The minimum Gasteiger partial charge on any atom is -0.135 e. The zero-order chi connectivity index (χ0) is 14.7. The van der Waals surface area contributed by atoms with Crippen molar-refractivity contribution in [1.82, 2.24) is 0 Å². The van der Waals surface area contributed by atoms with Crippen molar-refractivity contribution in [3.05, 3.63) is 47.5 Å². The van der Waals surface area contributed by atoms with Crippen LogP contribution in [-0.2, 0) is 12.8 Å². The van der Waals surface area contributed by atoms with E-state index in [2.05, 4.69) is 50.2 Å². The van der Waals surface area contributed by atoms with Crippen LogP contribution in [0.1, 0.15) is 50.7 Å². The van der Waals surface area contributed by atoms with Crippen LogP contribution >= 0.6 is 11.3 Å². The van der Waals surface area contributed by atoms with Gasteiger partial charge in [-0.1, -0.05) is 51.0 Å². The first-order chi connectivity index (χ1) is 10.3. The average molecular weight is 296 g/mol. The summed E-state index contributed by atoms with van der Waals surface area (Å²) in [4.78, 5) is 0. The highest BCUT2D eigenvalue weighted by atomic mass is 32.1. The minimum absolute atomic E-state index is 1.21. The Bertz CT molecular complexity index is 674. The number of fused-ring (bicyclic) bond motifs is 3. The van der Waals surface area contributed by atoms with Crippen LogP contribution in [0.25, 0.3) is 20.2 Å². The van der Waals surface area contributed by atoms with Gasteiger partial charge in [0, 0.05) is 20.2 Å². The molecule has 0 bridgehead atoms. The molecule has 1 heterocycles. The lowest BCUT2D eigenvalue weighted by atomic mass is 9.97. The molecule has 3 aromatic rings. The Hall–Kier alpha value is -1.34. The summed E-state index contributed by atoms with van der Waals surface area (Å²) in [5.41, 5.74) is 3.09. The van der Waals surface area contributed by atoms with Crippen molar-refractivity contribution in [3.8, 4) is 0 Å². The predicted octanol–water partition coefficient (Wildman–Crippen LogP) is 6.74. The second-order valence-electron chi connectivity index (χ2n) is 5.89. The fourth-order valence-electron chi connectivity index (χ4n) is 3.16. The Balaban J connectivity index is 2.20. The van der Waals surface area contributed by atoms with Crippen LogP contribution in [-0.4, -0.2) is 0 Å². The van der Waals surface area contributed by atoms with Crippen molar-refractivity contribution < 1.29 is 0 Å². The average Bonchev–Trinajstić information content (AvgIpc) is 2.90. The molecule has 0 fully saturated rings. The smallest absolute Gasteiger partial charge is 0.0358 e. The van der Waals surface area contributed by atoms with Crippen LogP contribution < -0.4 is 0 Å². The Labute approximate surface area is 131 Å². The summed E-state index contributed by atoms with van der Waals surface area (Å²) in [6.07, 6.45) is 7.52. The van der Waals surface area contributed by atoms with Gasteiger partial charge in [-0.3, -0.25) is 0 Å². The Kier molecular flexibility index (Phi) is 4.60. The lowest BCUT2D eigenvalue weighted by molar-refractivity contribution is 0.797. The summed E-state index contributed by atoms with van der Waals surface area (Å²) in [5.74, 6) is 0. The van der Waals surface area contributed by atoms with E-state index in [0.29, 0.717) is 0 Å². The van der Waals surface area contributed by atoms with E-state index in [1.807, 2.05) is 11.3 Å². The molecule has 21 heavy (non-hydrogen) atoms.